The van der Waals surface area contributed by atoms with Crippen molar-refractivity contribution in [2.75, 3.05) is 0 Å². The fourth-order valence-corrected chi connectivity index (χ4v) is 2.08. The van der Waals surface area contributed by atoms with E-state index in [1.54, 1.807) is 0 Å². The first-order valence-corrected chi connectivity index (χ1v) is 6.22. The van der Waals surface area contributed by atoms with Crippen LogP contribution in [0.4, 0.5) is 0 Å². The molecule has 0 saturated carbocycles. The topological polar surface area (TPSA) is 12.5 Å². The molecule has 1 nitrogen and oxygen atoms in total. The molecule has 1 fully saturated rings. The van der Waals surface area contributed by atoms with E-state index >= 15 is 0 Å². The highest BCUT2D eigenvalue weighted by Gasteiger charge is 2.40. The summed E-state index contributed by atoms with van der Waals surface area (Å²) in [6.07, 6.45) is 5.75. The minimum Gasteiger partial charge on any atom is -0.365 e. The van der Waals surface area contributed by atoms with Gasteiger partial charge in [0.2, 0.25) is 0 Å². The zero-order valence-electron chi connectivity index (χ0n) is 9.99. The van der Waals surface area contributed by atoms with Crippen LogP contribution < -0.4 is 0 Å². The summed E-state index contributed by atoms with van der Waals surface area (Å²) in [4.78, 5) is 0. The number of epoxide rings is 1. The fraction of sp³-hybridized carbons (Fsp3) is 0.467. The standard InChI is InChI=1S/C15H20O/c1-3-4-6-11-14-15(16-14)12(2)13-9-7-5-8-10-13/h5,7-10,14-15H,2-4,6,11H2,1H3/t14-,15-/m1/s1. The van der Waals surface area contributed by atoms with Gasteiger partial charge in [-0.1, -0.05) is 63.1 Å². The summed E-state index contributed by atoms with van der Waals surface area (Å²) in [6, 6.07) is 10.3. The Balaban J connectivity index is 1.81. The molecule has 0 radical (unpaired) electrons. The smallest absolute Gasteiger partial charge is 0.109 e. The van der Waals surface area contributed by atoms with Gasteiger partial charge in [-0.2, -0.15) is 0 Å². The minimum absolute atomic E-state index is 0.277. The molecule has 1 heteroatoms. The van der Waals surface area contributed by atoms with Crippen molar-refractivity contribution >= 4 is 5.57 Å². The molecular weight excluding hydrogens is 196 g/mol. The van der Waals surface area contributed by atoms with Crippen LogP contribution in [0.3, 0.4) is 0 Å². The third-order valence-corrected chi connectivity index (χ3v) is 3.16. The van der Waals surface area contributed by atoms with E-state index in [0.29, 0.717) is 6.10 Å². The Morgan fingerprint density at radius 3 is 2.69 bits per heavy atom. The molecule has 2 rings (SSSR count). The van der Waals surface area contributed by atoms with Crippen molar-refractivity contribution in [3.63, 3.8) is 0 Å². The highest BCUT2D eigenvalue weighted by Crippen LogP contribution is 2.36. The van der Waals surface area contributed by atoms with Crippen LogP contribution in [-0.4, -0.2) is 12.2 Å². The molecule has 0 N–H and O–H groups in total. The quantitative estimate of drug-likeness (QED) is 0.516. The maximum atomic E-state index is 5.68. The maximum Gasteiger partial charge on any atom is 0.109 e. The fourth-order valence-electron chi connectivity index (χ4n) is 2.08. The first-order valence-electron chi connectivity index (χ1n) is 6.22. The Kier molecular flexibility index (Phi) is 3.79. The van der Waals surface area contributed by atoms with Gasteiger partial charge in [-0.15, -0.1) is 0 Å². The van der Waals surface area contributed by atoms with E-state index in [1.807, 2.05) is 6.07 Å². The molecule has 86 valence electrons. The van der Waals surface area contributed by atoms with E-state index in [2.05, 4.69) is 37.8 Å². The molecular formula is C15H20O. The van der Waals surface area contributed by atoms with E-state index in [4.69, 9.17) is 4.74 Å². The first-order chi connectivity index (χ1) is 7.83. The molecule has 0 bridgehead atoms. The van der Waals surface area contributed by atoms with Gasteiger partial charge in [0.15, 0.2) is 0 Å². The minimum atomic E-state index is 0.277. The van der Waals surface area contributed by atoms with Crippen LogP contribution in [0.25, 0.3) is 5.57 Å². The number of hydrogen-bond donors (Lipinski definition) is 0. The Morgan fingerprint density at radius 2 is 2.00 bits per heavy atom. The average Bonchev–Trinajstić information content (AvgIpc) is 3.09. The average molecular weight is 216 g/mol. The molecule has 1 aliphatic rings. The van der Waals surface area contributed by atoms with Crippen LogP contribution in [0.2, 0.25) is 0 Å². The molecule has 2 atom stereocenters. The molecule has 0 spiro atoms. The predicted molar refractivity (Wildman–Crippen MR) is 68.3 cm³/mol. The molecule has 0 amide bonds. The van der Waals surface area contributed by atoms with E-state index < -0.39 is 0 Å². The van der Waals surface area contributed by atoms with Crippen molar-refractivity contribution in [3.8, 4) is 0 Å². The first kappa shape index (κ1) is 11.4. The highest BCUT2D eigenvalue weighted by molar-refractivity contribution is 5.69. The van der Waals surface area contributed by atoms with Crippen LogP contribution in [0.1, 0.15) is 38.2 Å². The summed E-state index contributed by atoms with van der Waals surface area (Å²) >= 11 is 0. The third-order valence-electron chi connectivity index (χ3n) is 3.16. The molecule has 0 aliphatic carbocycles. The Morgan fingerprint density at radius 1 is 1.25 bits per heavy atom. The van der Waals surface area contributed by atoms with Crippen molar-refractivity contribution in [3.05, 3.63) is 42.5 Å². The van der Waals surface area contributed by atoms with Crippen molar-refractivity contribution < 1.29 is 4.74 Å². The van der Waals surface area contributed by atoms with Gasteiger partial charge in [0, 0.05) is 0 Å². The SMILES string of the molecule is C=C(c1ccccc1)[C@H]1O[C@@H]1CCCCC. The van der Waals surface area contributed by atoms with Gasteiger partial charge in [-0.05, 0) is 17.6 Å². The van der Waals surface area contributed by atoms with Crippen molar-refractivity contribution in [1.82, 2.24) is 0 Å². The number of rotatable bonds is 6. The van der Waals surface area contributed by atoms with Gasteiger partial charge >= 0.3 is 0 Å². The lowest BCUT2D eigenvalue weighted by Crippen LogP contribution is -1.97. The summed E-state index contributed by atoms with van der Waals surface area (Å²) < 4.78 is 5.68. The highest BCUT2D eigenvalue weighted by atomic mass is 16.6. The molecule has 0 unspecified atom stereocenters. The molecule has 1 saturated heterocycles. The van der Waals surface area contributed by atoms with Crippen LogP contribution in [0.15, 0.2) is 36.9 Å². The lowest BCUT2D eigenvalue weighted by atomic mass is 10.0. The van der Waals surface area contributed by atoms with Gasteiger partial charge in [0.05, 0.1) is 6.10 Å². The Bertz CT molecular complexity index is 342. The van der Waals surface area contributed by atoms with Gasteiger partial charge in [-0.3, -0.25) is 0 Å². The second kappa shape index (κ2) is 5.31. The number of hydrogen-bond acceptors (Lipinski definition) is 1. The normalized spacial score (nSPS) is 23.1. The third kappa shape index (κ3) is 2.73. The van der Waals surface area contributed by atoms with Crippen molar-refractivity contribution in [2.45, 2.75) is 44.8 Å². The predicted octanol–water partition coefficient (Wildman–Crippen LogP) is 4.05. The number of ether oxygens (including phenoxy) is 1. The van der Waals surface area contributed by atoms with Gasteiger partial charge < -0.3 is 4.74 Å². The molecule has 1 aromatic rings. The summed E-state index contributed by atoms with van der Waals surface area (Å²) in [5.74, 6) is 0. The molecule has 1 aromatic carbocycles. The van der Waals surface area contributed by atoms with E-state index in [1.165, 1.54) is 31.2 Å². The van der Waals surface area contributed by atoms with Gasteiger partial charge in [0.1, 0.15) is 6.10 Å². The molecule has 0 aromatic heterocycles. The lowest BCUT2D eigenvalue weighted by molar-refractivity contribution is 0.376. The molecule has 1 aliphatic heterocycles. The van der Waals surface area contributed by atoms with Crippen LogP contribution in [-0.2, 0) is 4.74 Å². The van der Waals surface area contributed by atoms with Crippen LogP contribution in [0, 0.1) is 0 Å². The van der Waals surface area contributed by atoms with Crippen LogP contribution in [0.5, 0.6) is 0 Å². The van der Waals surface area contributed by atoms with Gasteiger partial charge in [-0.25, -0.2) is 0 Å². The van der Waals surface area contributed by atoms with Crippen molar-refractivity contribution in [2.24, 2.45) is 0 Å². The summed E-state index contributed by atoms with van der Waals surface area (Å²) in [5, 5.41) is 0. The Hall–Kier alpha value is -1.08. The zero-order chi connectivity index (χ0) is 11.4. The van der Waals surface area contributed by atoms with E-state index in [9.17, 15) is 0 Å². The van der Waals surface area contributed by atoms with Crippen LogP contribution >= 0.6 is 0 Å². The second-order valence-corrected chi connectivity index (χ2v) is 4.48. The zero-order valence-corrected chi connectivity index (χ0v) is 9.99. The van der Waals surface area contributed by atoms with Gasteiger partial charge in [0.25, 0.3) is 0 Å². The Labute approximate surface area is 98.1 Å². The number of benzene rings is 1. The van der Waals surface area contributed by atoms with Crippen molar-refractivity contribution in [1.29, 1.82) is 0 Å². The van der Waals surface area contributed by atoms with E-state index in [-0.39, 0.29) is 6.10 Å². The largest absolute Gasteiger partial charge is 0.365 e. The monoisotopic (exact) mass is 216 g/mol. The summed E-state index contributed by atoms with van der Waals surface area (Å²) in [5.41, 5.74) is 2.35. The number of unbranched alkanes of at least 4 members (excludes halogenated alkanes) is 2. The maximum absolute atomic E-state index is 5.68. The lowest BCUT2D eigenvalue weighted by Gasteiger charge is -2.01. The second-order valence-electron chi connectivity index (χ2n) is 4.48. The summed E-state index contributed by atoms with van der Waals surface area (Å²) in [6.45, 7) is 6.37. The molecule has 1 heterocycles. The summed E-state index contributed by atoms with van der Waals surface area (Å²) in [7, 11) is 0. The molecule has 16 heavy (non-hydrogen) atoms. The van der Waals surface area contributed by atoms with E-state index in [0.717, 1.165) is 5.57 Å².